The first-order chi connectivity index (χ1) is 13.2. The van der Waals surface area contributed by atoms with E-state index < -0.39 is 0 Å². The zero-order chi connectivity index (χ0) is 20.8. The van der Waals surface area contributed by atoms with Gasteiger partial charge in [0.25, 0.3) is 5.91 Å². The summed E-state index contributed by atoms with van der Waals surface area (Å²) < 4.78 is 5.62. The number of amides is 2. The number of hydrogen-bond donors (Lipinski definition) is 1. The second-order valence-electron chi connectivity index (χ2n) is 7.53. The van der Waals surface area contributed by atoms with E-state index in [1.165, 1.54) is 10.5 Å². The maximum absolute atomic E-state index is 12.3. The van der Waals surface area contributed by atoms with E-state index in [-0.39, 0.29) is 25.0 Å². The molecule has 2 aromatic carbocycles. The molecule has 0 aliphatic rings. The van der Waals surface area contributed by atoms with E-state index in [9.17, 15) is 9.59 Å². The number of carbonyl (C=O) groups excluding carboxylic acids is 2. The summed E-state index contributed by atoms with van der Waals surface area (Å²) in [5.74, 6) is 0.619. The van der Waals surface area contributed by atoms with Gasteiger partial charge in [-0.05, 0) is 61.1 Å². The quantitative estimate of drug-likeness (QED) is 0.780. The maximum Gasteiger partial charge on any atom is 0.260 e. The monoisotopic (exact) mass is 382 g/mol. The molecular weight excluding hydrogens is 352 g/mol. The first-order valence-electron chi connectivity index (χ1n) is 9.52. The summed E-state index contributed by atoms with van der Waals surface area (Å²) >= 11 is 0. The van der Waals surface area contributed by atoms with E-state index in [1.807, 2.05) is 57.2 Å². The highest BCUT2D eigenvalue weighted by molar-refractivity contribution is 5.95. The molecule has 0 radical (unpaired) electrons. The lowest BCUT2D eigenvalue weighted by atomic mass is 9.98. The summed E-state index contributed by atoms with van der Waals surface area (Å²) in [7, 11) is 1.60. The molecule has 5 heteroatoms. The fourth-order valence-corrected chi connectivity index (χ4v) is 3.14. The maximum atomic E-state index is 12.3. The van der Waals surface area contributed by atoms with Crippen molar-refractivity contribution in [3.8, 4) is 5.75 Å². The summed E-state index contributed by atoms with van der Waals surface area (Å²) in [5.41, 5.74) is 5.18. The number of para-hydroxylation sites is 1. The molecule has 2 amide bonds. The lowest BCUT2D eigenvalue weighted by Crippen LogP contribution is -2.37. The van der Waals surface area contributed by atoms with Gasteiger partial charge in [-0.1, -0.05) is 38.1 Å². The second kappa shape index (κ2) is 9.40. The molecule has 0 unspecified atom stereocenters. The fraction of sp³-hybridized carbons (Fsp3) is 0.391. The topological polar surface area (TPSA) is 58.6 Å². The Labute approximate surface area is 167 Å². The van der Waals surface area contributed by atoms with E-state index in [4.69, 9.17) is 4.74 Å². The normalized spacial score (nSPS) is 10.7. The molecular formula is C23H30N2O3. The molecule has 150 valence electrons. The predicted molar refractivity (Wildman–Crippen MR) is 113 cm³/mol. The van der Waals surface area contributed by atoms with Crippen LogP contribution in [0.25, 0.3) is 0 Å². The van der Waals surface area contributed by atoms with Gasteiger partial charge in [0.2, 0.25) is 5.91 Å². The van der Waals surface area contributed by atoms with Gasteiger partial charge in [0.1, 0.15) is 5.75 Å². The predicted octanol–water partition coefficient (Wildman–Crippen LogP) is 4.21. The van der Waals surface area contributed by atoms with Crippen LogP contribution in [0, 0.1) is 20.8 Å². The van der Waals surface area contributed by atoms with Crippen molar-refractivity contribution in [2.45, 2.75) is 40.5 Å². The Hall–Kier alpha value is -2.82. The van der Waals surface area contributed by atoms with Crippen molar-refractivity contribution in [2.75, 3.05) is 25.5 Å². The van der Waals surface area contributed by atoms with Gasteiger partial charge in [-0.2, -0.15) is 0 Å². The molecule has 0 aliphatic heterocycles. The zero-order valence-electron chi connectivity index (χ0n) is 17.6. The van der Waals surface area contributed by atoms with Crippen LogP contribution < -0.4 is 10.1 Å². The molecule has 0 fully saturated rings. The van der Waals surface area contributed by atoms with Crippen LogP contribution in [0.5, 0.6) is 5.75 Å². The van der Waals surface area contributed by atoms with Gasteiger partial charge in [-0.3, -0.25) is 9.59 Å². The third-order valence-electron chi connectivity index (χ3n) is 4.78. The minimum atomic E-state index is -0.248. The lowest BCUT2D eigenvalue weighted by molar-refractivity contribution is -0.135. The summed E-state index contributed by atoms with van der Waals surface area (Å²) in [5, 5.41) is 2.89. The van der Waals surface area contributed by atoms with E-state index in [0.29, 0.717) is 11.7 Å². The molecule has 1 N–H and O–H groups in total. The SMILES string of the molecule is Cc1cc(OCC(=O)N(C)CC(=O)Nc2c(C)cccc2C)ccc1C(C)C. The Bertz CT molecular complexity index is 839. The molecule has 0 bridgehead atoms. The van der Waals surface area contributed by atoms with Crippen LogP contribution in [0.2, 0.25) is 0 Å². The Kier molecular flexibility index (Phi) is 7.21. The molecule has 2 rings (SSSR count). The first kappa shape index (κ1) is 21.5. The fourth-order valence-electron chi connectivity index (χ4n) is 3.14. The van der Waals surface area contributed by atoms with Crippen molar-refractivity contribution < 1.29 is 14.3 Å². The third-order valence-corrected chi connectivity index (χ3v) is 4.78. The summed E-state index contributed by atoms with van der Waals surface area (Å²) in [6, 6.07) is 11.7. The standard InChI is InChI=1S/C23H30N2O3/c1-15(2)20-11-10-19(12-18(20)5)28-14-22(27)25(6)13-21(26)24-23-16(3)8-7-9-17(23)4/h7-12,15H,13-14H2,1-6H3,(H,24,26). The highest BCUT2D eigenvalue weighted by Crippen LogP contribution is 2.23. The summed E-state index contributed by atoms with van der Waals surface area (Å²) in [4.78, 5) is 26.0. The van der Waals surface area contributed by atoms with Crippen molar-refractivity contribution in [3.05, 3.63) is 58.7 Å². The molecule has 0 aliphatic carbocycles. The van der Waals surface area contributed by atoms with Crippen LogP contribution >= 0.6 is 0 Å². The van der Waals surface area contributed by atoms with Crippen molar-refractivity contribution in [3.63, 3.8) is 0 Å². The Morgan fingerprint density at radius 2 is 1.68 bits per heavy atom. The minimum absolute atomic E-state index is 0.0265. The molecule has 0 saturated carbocycles. The number of ether oxygens (including phenoxy) is 1. The second-order valence-corrected chi connectivity index (χ2v) is 7.53. The average Bonchev–Trinajstić information content (AvgIpc) is 2.62. The van der Waals surface area contributed by atoms with Gasteiger partial charge >= 0.3 is 0 Å². The number of carbonyl (C=O) groups is 2. The van der Waals surface area contributed by atoms with E-state index in [1.54, 1.807) is 7.05 Å². The molecule has 0 aromatic heterocycles. The van der Waals surface area contributed by atoms with Crippen LogP contribution in [0.3, 0.4) is 0 Å². The average molecular weight is 383 g/mol. The van der Waals surface area contributed by atoms with Gasteiger partial charge in [-0.25, -0.2) is 0 Å². The molecule has 0 spiro atoms. The van der Waals surface area contributed by atoms with Crippen LogP contribution in [0.4, 0.5) is 5.69 Å². The van der Waals surface area contributed by atoms with E-state index in [0.717, 1.165) is 22.4 Å². The Morgan fingerprint density at radius 3 is 2.25 bits per heavy atom. The van der Waals surface area contributed by atoms with Gasteiger partial charge in [0.15, 0.2) is 6.61 Å². The minimum Gasteiger partial charge on any atom is -0.484 e. The molecule has 2 aromatic rings. The van der Waals surface area contributed by atoms with Crippen LogP contribution in [0.1, 0.15) is 42.0 Å². The van der Waals surface area contributed by atoms with Gasteiger partial charge < -0.3 is 15.0 Å². The number of nitrogens with zero attached hydrogens (tertiary/aromatic N) is 1. The number of aryl methyl sites for hydroxylation is 3. The molecule has 0 saturated heterocycles. The van der Waals surface area contributed by atoms with Gasteiger partial charge in [-0.15, -0.1) is 0 Å². The number of hydrogen-bond acceptors (Lipinski definition) is 3. The van der Waals surface area contributed by atoms with E-state index >= 15 is 0 Å². The van der Waals surface area contributed by atoms with Crippen molar-refractivity contribution >= 4 is 17.5 Å². The smallest absolute Gasteiger partial charge is 0.260 e. The third kappa shape index (κ3) is 5.59. The summed E-state index contributed by atoms with van der Waals surface area (Å²) in [6.45, 7) is 10.1. The van der Waals surface area contributed by atoms with Crippen molar-refractivity contribution in [1.82, 2.24) is 4.90 Å². The number of likely N-dealkylation sites (N-methyl/N-ethyl adjacent to an activating group) is 1. The van der Waals surface area contributed by atoms with Gasteiger partial charge in [0, 0.05) is 12.7 Å². The largest absolute Gasteiger partial charge is 0.484 e. The van der Waals surface area contributed by atoms with Gasteiger partial charge in [0.05, 0.1) is 6.54 Å². The van der Waals surface area contributed by atoms with E-state index in [2.05, 4.69) is 19.2 Å². The molecule has 28 heavy (non-hydrogen) atoms. The number of benzene rings is 2. The molecule has 0 heterocycles. The number of rotatable bonds is 7. The van der Waals surface area contributed by atoms with Crippen molar-refractivity contribution in [2.24, 2.45) is 0 Å². The number of anilines is 1. The molecule has 5 nitrogen and oxygen atoms in total. The Balaban J connectivity index is 1.89. The van der Waals surface area contributed by atoms with Crippen LogP contribution in [-0.2, 0) is 9.59 Å². The molecule has 0 atom stereocenters. The highest BCUT2D eigenvalue weighted by Gasteiger charge is 2.15. The van der Waals surface area contributed by atoms with Crippen LogP contribution in [-0.4, -0.2) is 36.9 Å². The highest BCUT2D eigenvalue weighted by atomic mass is 16.5. The Morgan fingerprint density at radius 1 is 1.04 bits per heavy atom. The lowest BCUT2D eigenvalue weighted by Gasteiger charge is -2.19. The van der Waals surface area contributed by atoms with Crippen LogP contribution in [0.15, 0.2) is 36.4 Å². The zero-order valence-corrected chi connectivity index (χ0v) is 17.6. The summed E-state index contributed by atoms with van der Waals surface area (Å²) in [6.07, 6.45) is 0. The number of nitrogens with one attached hydrogen (secondary N) is 1. The first-order valence-corrected chi connectivity index (χ1v) is 9.52. The van der Waals surface area contributed by atoms with Crippen molar-refractivity contribution in [1.29, 1.82) is 0 Å².